The second kappa shape index (κ2) is 7.73. The summed E-state index contributed by atoms with van der Waals surface area (Å²) in [4.78, 5) is 0. The van der Waals surface area contributed by atoms with Gasteiger partial charge in [-0.2, -0.15) is 13.2 Å². The molecule has 23 heavy (non-hydrogen) atoms. The molecule has 7 heteroatoms. The molecule has 3 nitrogen and oxygen atoms in total. The van der Waals surface area contributed by atoms with Gasteiger partial charge in [-0.1, -0.05) is 17.7 Å². The number of alkyl halides is 3. The summed E-state index contributed by atoms with van der Waals surface area (Å²) in [5.74, 6) is -0.136. The van der Waals surface area contributed by atoms with Crippen molar-refractivity contribution < 1.29 is 22.6 Å². The molecule has 1 aromatic carbocycles. The predicted octanol–water partition coefficient (Wildman–Crippen LogP) is 4.14. The van der Waals surface area contributed by atoms with Gasteiger partial charge in [0.1, 0.15) is 17.4 Å². The van der Waals surface area contributed by atoms with Gasteiger partial charge in [-0.25, -0.2) is 0 Å². The van der Waals surface area contributed by atoms with Crippen LogP contribution in [0.15, 0.2) is 18.2 Å². The van der Waals surface area contributed by atoms with E-state index < -0.39 is 17.8 Å². The molecule has 1 unspecified atom stereocenters. The smallest absolute Gasteiger partial charge is 0.421 e. The lowest BCUT2D eigenvalue weighted by Crippen LogP contribution is -2.34. The summed E-state index contributed by atoms with van der Waals surface area (Å²) < 4.78 is 51.0. The minimum absolute atomic E-state index is 0.0167. The topological polar surface area (TPSA) is 30.5 Å². The number of halogens is 4. The van der Waals surface area contributed by atoms with Crippen molar-refractivity contribution in [3.8, 4) is 5.75 Å². The van der Waals surface area contributed by atoms with Crippen molar-refractivity contribution in [1.29, 1.82) is 0 Å². The summed E-state index contributed by atoms with van der Waals surface area (Å²) in [5.41, 5.74) is -0.929. The SMILES string of the molecule is CC(C)OC[C@H](Oc1cccc(Cl)c1C(F)(F)F)C1CCNC1. The van der Waals surface area contributed by atoms with Crippen LogP contribution < -0.4 is 10.1 Å². The third-order valence-corrected chi connectivity index (χ3v) is 4.07. The quantitative estimate of drug-likeness (QED) is 0.835. The fraction of sp³-hybridized carbons (Fsp3) is 0.625. The highest BCUT2D eigenvalue weighted by molar-refractivity contribution is 6.31. The van der Waals surface area contributed by atoms with E-state index in [2.05, 4.69) is 5.32 Å². The Kier molecular flexibility index (Phi) is 6.17. The van der Waals surface area contributed by atoms with E-state index >= 15 is 0 Å². The van der Waals surface area contributed by atoms with E-state index in [-0.39, 0.29) is 29.4 Å². The average Bonchev–Trinajstić information content (AvgIpc) is 2.95. The Labute approximate surface area is 139 Å². The number of hydrogen-bond donors (Lipinski definition) is 1. The first kappa shape index (κ1) is 18.4. The van der Waals surface area contributed by atoms with Crippen molar-refractivity contribution in [3.63, 3.8) is 0 Å². The largest absolute Gasteiger partial charge is 0.487 e. The average molecular weight is 352 g/mol. The van der Waals surface area contributed by atoms with E-state index in [9.17, 15) is 13.2 Å². The van der Waals surface area contributed by atoms with Gasteiger partial charge in [0.05, 0.1) is 17.7 Å². The van der Waals surface area contributed by atoms with Gasteiger partial charge in [-0.05, 0) is 38.9 Å². The van der Waals surface area contributed by atoms with Crippen LogP contribution >= 0.6 is 11.6 Å². The fourth-order valence-corrected chi connectivity index (χ4v) is 2.86. The zero-order valence-electron chi connectivity index (χ0n) is 13.1. The summed E-state index contributed by atoms with van der Waals surface area (Å²) in [7, 11) is 0. The minimum Gasteiger partial charge on any atom is -0.487 e. The van der Waals surface area contributed by atoms with Crippen LogP contribution in [0, 0.1) is 5.92 Å². The Morgan fingerprint density at radius 1 is 1.35 bits per heavy atom. The number of hydrogen-bond acceptors (Lipinski definition) is 3. The standard InChI is InChI=1S/C16H21ClF3NO2/c1-10(2)22-9-14(11-6-7-21-8-11)23-13-5-3-4-12(17)15(13)16(18,19)20/h3-5,10-11,14,21H,6-9H2,1-2H3/t11?,14-/m0/s1. The van der Waals surface area contributed by atoms with Crippen molar-refractivity contribution in [2.45, 2.75) is 38.7 Å². The molecule has 0 aromatic heterocycles. The van der Waals surface area contributed by atoms with Crippen LogP contribution in [0.4, 0.5) is 13.2 Å². The summed E-state index contributed by atoms with van der Waals surface area (Å²) in [6.07, 6.45) is -4.19. The van der Waals surface area contributed by atoms with E-state index in [0.29, 0.717) is 6.54 Å². The van der Waals surface area contributed by atoms with Crippen LogP contribution in [0.5, 0.6) is 5.75 Å². The molecule has 0 radical (unpaired) electrons. The third kappa shape index (κ3) is 4.99. The molecule has 2 atom stereocenters. The molecule has 2 rings (SSSR count). The van der Waals surface area contributed by atoms with Gasteiger partial charge >= 0.3 is 6.18 Å². The van der Waals surface area contributed by atoms with Crippen LogP contribution in [0.3, 0.4) is 0 Å². The Bertz CT molecular complexity index is 517. The Hall–Kier alpha value is -0.980. The van der Waals surface area contributed by atoms with Gasteiger partial charge in [0, 0.05) is 12.5 Å². The summed E-state index contributed by atoms with van der Waals surface area (Å²) >= 11 is 5.74. The maximum absolute atomic E-state index is 13.2. The second-order valence-corrected chi connectivity index (χ2v) is 6.31. The van der Waals surface area contributed by atoms with Crippen molar-refractivity contribution in [2.24, 2.45) is 5.92 Å². The van der Waals surface area contributed by atoms with Gasteiger partial charge in [0.2, 0.25) is 0 Å². The van der Waals surface area contributed by atoms with Crippen LogP contribution in [-0.4, -0.2) is 31.9 Å². The van der Waals surface area contributed by atoms with Crippen LogP contribution in [0.2, 0.25) is 5.02 Å². The normalized spacial score (nSPS) is 20.0. The Morgan fingerprint density at radius 2 is 2.09 bits per heavy atom. The lowest BCUT2D eigenvalue weighted by atomic mass is 10.0. The highest BCUT2D eigenvalue weighted by atomic mass is 35.5. The number of nitrogens with one attached hydrogen (secondary N) is 1. The molecule has 0 spiro atoms. The third-order valence-electron chi connectivity index (χ3n) is 3.76. The zero-order valence-corrected chi connectivity index (χ0v) is 13.9. The van der Waals surface area contributed by atoms with E-state index in [1.54, 1.807) is 0 Å². The van der Waals surface area contributed by atoms with Gasteiger partial charge in [0.15, 0.2) is 0 Å². The molecule has 0 amide bonds. The first-order chi connectivity index (χ1) is 10.8. The van der Waals surface area contributed by atoms with E-state index in [0.717, 1.165) is 13.0 Å². The maximum Gasteiger partial charge on any atom is 0.421 e. The molecule has 1 aliphatic heterocycles. The summed E-state index contributed by atoms with van der Waals surface area (Å²) in [5, 5.41) is 2.84. The zero-order chi connectivity index (χ0) is 17.0. The van der Waals surface area contributed by atoms with Crippen LogP contribution in [0.1, 0.15) is 25.8 Å². The number of benzene rings is 1. The van der Waals surface area contributed by atoms with Crippen LogP contribution in [-0.2, 0) is 10.9 Å². The monoisotopic (exact) mass is 351 g/mol. The molecule has 0 bridgehead atoms. The Morgan fingerprint density at radius 3 is 2.65 bits per heavy atom. The minimum atomic E-state index is -4.56. The second-order valence-electron chi connectivity index (χ2n) is 5.90. The maximum atomic E-state index is 13.2. The van der Waals surface area contributed by atoms with Gasteiger partial charge in [-0.15, -0.1) is 0 Å². The summed E-state index contributed by atoms with van der Waals surface area (Å²) in [6, 6.07) is 3.98. The molecular weight excluding hydrogens is 331 g/mol. The predicted molar refractivity (Wildman–Crippen MR) is 82.9 cm³/mol. The van der Waals surface area contributed by atoms with Gasteiger partial charge in [-0.3, -0.25) is 0 Å². The molecule has 130 valence electrons. The van der Waals surface area contributed by atoms with E-state index in [1.807, 2.05) is 13.8 Å². The molecule has 0 saturated carbocycles. The van der Waals surface area contributed by atoms with Crippen molar-refractivity contribution in [3.05, 3.63) is 28.8 Å². The molecule has 1 saturated heterocycles. The van der Waals surface area contributed by atoms with E-state index in [4.69, 9.17) is 21.1 Å². The van der Waals surface area contributed by atoms with Crippen molar-refractivity contribution in [1.82, 2.24) is 5.32 Å². The number of rotatable bonds is 6. The molecule has 1 heterocycles. The lowest BCUT2D eigenvalue weighted by Gasteiger charge is -2.27. The van der Waals surface area contributed by atoms with Gasteiger partial charge in [0.25, 0.3) is 0 Å². The fourth-order valence-electron chi connectivity index (χ4n) is 2.59. The Balaban J connectivity index is 2.23. The van der Waals surface area contributed by atoms with Gasteiger partial charge < -0.3 is 14.8 Å². The molecule has 1 fully saturated rings. The lowest BCUT2D eigenvalue weighted by molar-refractivity contribution is -0.139. The van der Waals surface area contributed by atoms with Crippen molar-refractivity contribution in [2.75, 3.05) is 19.7 Å². The summed E-state index contributed by atoms with van der Waals surface area (Å²) in [6.45, 7) is 5.53. The van der Waals surface area contributed by atoms with Crippen molar-refractivity contribution >= 4 is 11.6 Å². The molecule has 1 aromatic rings. The number of ether oxygens (including phenoxy) is 2. The first-order valence-corrected chi connectivity index (χ1v) is 8.01. The van der Waals surface area contributed by atoms with Crippen LogP contribution in [0.25, 0.3) is 0 Å². The molecule has 1 N–H and O–H groups in total. The highest BCUT2D eigenvalue weighted by Crippen LogP contribution is 2.41. The highest BCUT2D eigenvalue weighted by Gasteiger charge is 2.38. The first-order valence-electron chi connectivity index (χ1n) is 7.63. The molecular formula is C16H21ClF3NO2. The molecule has 1 aliphatic rings. The molecule has 0 aliphatic carbocycles. The van der Waals surface area contributed by atoms with E-state index in [1.165, 1.54) is 18.2 Å².